The molecule has 2 amide bonds. The summed E-state index contributed by atoms with van der Waals surface area (Å²) >= 11 is 4.75. The van der Waals surface area contributed by atoms with Crippen molar-refractivity contribution in [2.45, 2.75) is 79.2 Å². The van der Waals surface area contributed by atoms with Gasteiger partial charge in [0.2, 0.25) is 5.91 Å². The zero-order valence-corrected chi connectivity index (χ0v) is 27.0. The first-order chi connectivity index (χ1) is 20.7. The van der Waals surface area contributed by atoms with Crippen molar-refractivity contribution >= 4 is 29.8 Å². The topological polar surface area (TPSA) is 112 Å². The van der Waals surface area contributed by atoms with Crippen molar-refractivity contribution in [3.8, 4) is 0 Å². The summed E-state index contributed by atoms with van der Waals surface area (Å²) in [6.07, 6.45) is 10.3. The Morgan fingerprint density at radius 3 is 2.64 bits per heavy atom. The first-order valence-electron chi connectivity index (χ1n) is 14.4. The molecule has 1 fully saturated rings. The molecule has 1 aliphatic heterocycles. The monoisotopic (exact) mass is 656 g/mol. The minimum absolute atomic E-state index is 0.317. The van der Waals surface area contributed by atoms with E-state index in [1.807, 2.05) is 33.8 Å². The maximum atomic E-state index is 13.8. The van der Waals surface area contributed by atoms with Crippen molar-refractivity contribution in [3.63, 3.8) is 0 Å². The van der Waals surface area contributed by atoms with Crippen molar-refractivity contribution in [2.24, 2.45) is 5.41 Å². The van der Waals surface area contributed by atoms with Gasteiger partial charge < -0.3 is 20.1 Å². The number of halogens is 2. The molecule has 1 saturated heterocycles. The van der Waals surface area contributed by atoms with Crippen LogP contribution in [0.25, 0.3) is 6.08 Å². The summed E-state index contributed by atoms with van der Waals surface area (Å²) < 4.78 is 42.5. The second kappa shape index (κ2) is 15.7. The number of hydrogen-bond acceptors (Lipinski definition) is 6. The van der Waals surface area contributed by atoms with Crippen LogP contribution in [0.1, 0.15) is 65.0 Å². The zero-order valence-electron chi connectivity index (χ0n) is 26.0. The normalized spacial score (nSPS) is 18.3. The van der Waals surface area contributed by atoms with Crippen LogP contribution in [0.2, 0.25) is 0 Å². The van der Waals surface area contributed by atoms with Crippen LogP contribution in [0.3, 0.4) is 0 Å². The molecule has 0 bridgehead atoms. The Kier molecular flexibility index (Phi) is 12.6. The fourth-order valence-electron chi connectivity index (χ4n) is 4.60. The Morgan fingerprint density at radius 2 is 1.93 bits per heavy atom. The molecule has 0 aromatic carbocycles. The van der Waals surface area contributed by atoms with Gasteiger partial charge in [0, 0.05) is 36.9 Å². The minimum atomic E-state index is -2.65. The third-order valence-electron chi connectivity index (χ3n) is 6.85. The Balaban J connectivity index is 1.42. The number of nitrogens with zero attached hydrogens (tertiary/aromatic N) is 4. The predicted octanol–water partition coefficient (Wildman–Crippen LogP) is 3.65. The van der Waals surface area contributed by atoms with Gasteiger partial charge in [0.25, 0.3) is 5.91 Å². The molecule has 2 N–H and O–H groups in total. The molecule has 1 aliphatic rings. The number of rotatable bonds is 14. The Hall–Kier alpha value is -3.21. The fraction of sp³-hybridized carbons (Fsp3) is 0.500. The SMILES string of the molecule is C[C](=[Ni])/C=C(/C)C=Cc1ccc(CCCn2cc(CCNC(=O)/C=C/NC(=O)[C@@H]3OC(C)(C)OCC3(C)C)nn2)n1[B-](F)F. The molecule has 1 radical (unpaired) electrons. The van der Waals surface area contributed by atoms with E-state index in [0.717, 1.165) is 14.5 Å². The summed E-state index contributed by atoms with van der Waals surface area (Å²) in [7, 11) is -2.65. The molecule has 14 heteroatoms. The van der Waals surface area contributed by atoms with E-state index in [-0.39, 0.29) is 11.8 Å². The maximum absolute atomic E-state index is 13.8. The Labute approximate surface area is 265 Å². The quantitative estimate of drug-likeness (QED) is 0.183. The third kappa shape index (κ3) is 10.7. The van der Waals surface area contributed by atoms with Gasteiger partial charge in [-0.1, -0.05) is 19.1 Å². The van der Waals surface area contributed by atoms with Gasteiger partial charge in [-0.05, 0) is 13.8 Å². The van der Waals surface area contributed by atoms with E-state index >= 15 is 0 Å². The molecule has 2 aromatic rings. The number of hydrogen-bond donors (Lipinski definition) is 2. The number of aryl methyl sites for hydroxylation is 2. The summed E-state index contributed by atoms with van der Waals surface area (Å²) in [6.45, 7) is 12.1. The van der Waals surface area contributed by atoms with E-state index < -0.39 is 24.7 Å². The molecule has 2 aromatic heterocycles. The van der Waals surface area contributed by atoms with Gasteiger partial charge >= 0.3 is 125 Å². The van der Waals surface area contributed by atoms with Crippen LogP contribution < -0.4 is 10.6 Å². The van der Waals surface area contributed by atoms with Crippen molar-refractivity contribution < 1.29 is 42.7 Å². The van der Waals surface area contributed by atoms with Gasteiger partial charge in [-0.3, -0.25) is 9.59 Å². The van der Waals surface area contributed by atoms with Crippen LogP contribution in [0.15, 0.2) is 48.3 Å². The first kappa shape index (κ1) is 35.3. The number of carbonyl (C=O) groups excluding carboxylic acids is 2. The number of nitrogens with one attached hydrogen (secondary N) is 2. The Morgan fingerprint density at radius 1 is 1.18 bits per heavy atom. The summed E-state index contributed by atoms with van der Waals surface area (Å²) in [6, 6.07) is 3.40. The fourth-order valence-corrected chi connectivity index (χ4v) is 4.83. The summed E-state index contributed by atoms with van der Waals surface area (Å²) in [5.74, 6) is -1.60. The third-order valence-corrected chi connectivity index (χ3v) is 6.99. The van der Waals surface area contributed by atoms with Gasteiger partial charge in [-0.15, -0.1) is 5.10 Å². The average molecular weight is 657 g/mol. The van der Waals surface area contributed by atoms with Crippen molar-refractivity contribution in [1.82, 2.24) is 30.1 Å². The van der Waals surface area contributed by atoms with E-state index in [4.69, 9.17) is 24.5 Å². The molecule has 0 aliphatic carbocycles. The summed E-state index contributed by atoms with van der Waals surface area (Å²) in [5.41, 5.74) is 2.02. The van der Waals surface area contributed by atoms with Crippen LogP contribution in [-0.4, -0.2) is 68.2 Å². The zero-order chi connectivity index (χ0) is 32.5. The average Bonchev–Trinajstić information content (AvgIpc) is 3.55. The molecule has 10 nitrogen and oxygen atoms in total. The van der Waals surface area contributed by atoms with Crippen LogP contribution in [0.5, 0.6) is 0 Å². The van der Waals surface area contributed by atoms with Gasteiger partial charge in [0.1, 0.15) is 6.10 Å². The molecule has 243 valence electrons. The number of allylic oxidation sites excluding steroid dienone is 3. The predicted molar refractivity (Wildman–Crippen MR) is 162 cm³/mol. The second-order valence-corrected chi connectivity index (χ2v) is 12.6. The number of amides is 2. The second-order valence-electron chi connectivity index (χ2n) is 11.8. The van der Waals surface area contributed by atoms with Gasteiger partial charge in [-0.2, -0.15) is 0 Å². The number of carbonyl (C=O) groups is 2. The number of aromatic nitrogens is 4. The number of ether oxygens (including phenoxy) is 2. The summed E-state index contributed by atoms with van der Waals surface area (Å²) in [4.78, 5) is 24.8. The van der Waals surface area contributed by atoms with E-state index in [1.165, 1.54) is 12.3 Å². The Bertz CT molecular complexity index is 1420. The molecule has 1 atom stereocenters. The molecule has 0 saturated carbocycles. The van der Waals surface area contributed by atoms with Gasteiger partial charge in [0.05, 0.1) is 12.3 Å². The van der Waals surface area contributed by atoms with Crippen molar-refractivity contribution in [2.75, 3.05) is 13.2 Å². The van der Waals surface area contributed by atoms with Crippen molar-refractivity contribution in [3.05, 3.63) is 65.4 Å². The first-order valence-corrected chi connectivity index (χ1v) is 14.9. The van der Waals surface area contributed by atoms with E-state index in [1.54, 1.807) is 49.0 Å². The molecule has 44 heavy (non-hydrogen) atoms. The molecule has 3 heterocycles. The molecule has 0 spiro atoms. The van der Waals surface area contributed by atoms with Crippen LogP contribution in [0, 0.1) is 5.41 Å². The van der Waals surface area contributed by atoms with E-state index in [2.05, 4.69) is 20.9 Å². The van der Waals surface area contributed by atoms with E-state index in [9.17, 15) is 18.2 Å². The van der Waals surface area contributed by atoms with Crippen LogP contribution >= 0.6 is 0 Å². The molecule has 3 rings (SSSR count). The van der Waals surface area contributed by atoms with E-state index in [0.29, 0.717) is 56.0 Å². The summed E-state index contributed by atoms with van der Waals surface area (Å²) in [5, 5.41) is 13.6. The molecular weight excluding hydrogens is 616 g/mol. The molecular formula is C30H41BF2N6NiO4-. The van der Waals surface area contributed by atoms with Gasteiger partial charge in [-0.25, -0.2) is 0 Å². The van der Waals surface area contributed by atoms with Gasteiger partial charge in [0.15, 0.2) is 5.79 Å². The van der Waals surface area contributed by atoms with Crippen molar-refractivity contribution in [1.29, 1.82) is 0 Å². The molecule has 0 unspecified atom stereocenters. The standard InChI is InChI=1S/C30H41BF2N6O4.Ni/c1-7-9-22(2)11-12-25-14-13-24(39(25)31(32)33)10-8-19-38-20-23(36-37-38)15-17-34-26(40)16-18-35-28(41)27-29(3,4)21-42-30(5,6)43-27;/h9,11-14,16,18,20,27H,8,10,15,17,19,21H2,1-6H3,(H,34,40)(H,35,41);/q-1;/b12-11?,18-16+,22-9-;/t27-;/m0./s1. The van der Waals surface area contributed by atoms with Crippen LogP contribution in [0.4, 0.5) is 8.63 Å². The van der Waals surface area contributed by atoms with Crippen LogP contribution in [-0.2, 0) is 53.5 Å².